The average Bonchev–Trinajstić information content (AvgIpc) is 2.89. The molecule has 0 aliphatic carbocycles. The fourth-order valence-corrected chi connectivity index (χ4v) is 3.68. The van der Waals surface area contributed by atoms with Gasteiger partial charge in [0.1, 0.15) is 18.5 Å². The summed E-state index contributed by atoms with van der Waals surface area (Å²) in [6.07, 6.45) is -0.358. The van der Waals surface area contributed by atoms with Gasteiger partial charge < -0.3 is 14.4 Å². The number of rotatable bonds is 9. The maximum atomic E-state index is 11.6. The van der Waals surface area contributed by atoms with E-state index >= 15 is 0 Å². The van der Waals surface area contributed by atoms with Gasteiger partial charge in [-0.25, -0.2) is 4.79 Å². The molecule has 0 radical (unpaired) electrons. The van der Waals surface area contributed by atoms with Gasteiger partial charge in [0.25, 0.3) is 0 Å². The van der Waals surface area contributed by atoms with Crippen LogP contribution in [0.4, 0.5) is 17.1 Å². The van der Waals surface area contributed by atoms with Crippen molar-refractivity contribution in [2.45, 2.75) is 20.0 Å². The summed E-state index contributed by atoms with van der Waals surface area (Å²) in [4.78, 5) is 13.9. The molecule has 0 N–H and O–H groups in total. The molecule has 0 bridgehead atoms. The Balaban J connectivity index is 1.46. The third-order valence-electron chi connectivity index (χ3n) is 5.48. The van der Waals surface area contributed by atoms with Gasteiger partial charge in [0.2, 0.25) is 0 Å². The number of anilines is 3. The molecule has 0 fully saturated rings. The van der Waals surface area contributed by atoms with E-state index in [1.54, 1.807) is 13.8 Å². The monoisotopic (exact) mass is 463 g/mol. The number of esters is 1. The number of nitrogens with zero attached hydrogens (tertiary/aromatic N) is 1. The van der Waals surface area contributed by atoms with Crippen molar-refractivity contribution in [3.8, 4) is 16.9 Å². The minimum absolute atomic E-state index is 0.280. The standard InChI is InChI=1S/C31H29NO3/c1-23(2)31(33)35-24(3)22-34-30-20-16-26(17-21-30)25-14-18-29(19-15-25)32(27-10-6-4-7-11-27)28-12-8-5-9-13-28/h4-21,24H,1,22H2,2-3H3. The van der Waals surface area contributed by atoms with Gasteiger partial charge in [-0.15, -0.1) is 0 Å². The number of carbonyl (C=O) groups excluding carboxylic acids is 1. The number of hydrogen-bond donors (Lipinski definition) is 0. The molecule has 4 aromatic carbocycles. The quantitative estimate of drug-likeness (QED) is 0.188. The molecule has 0 aliphatic rings. The maximum Gasteiger partial charge on any atom is 0.333 e. The van der Waals surface area contributed by atoms with E-state index in [1.165, 1.54) is 0 Å². The largest absolute Gasteiger partial charge is 0.490 e. The van der Waals surface area contributed by atoms with Crippen LogP contribution in [0.2, 0.25) is 0 Å². The highest BCUT2D eigenvalue weighted by Gasteiger charge is 2.13. The van der Waals surface area contributed by atoms with E-state index in [-0.39, 0.29) is 12.7 Å². The lowest BCUT2D eigenvalue weighted by Crippen LogP contribution is -2.22. The SMILES string of the molecule is C=C(C)C(=O)OC(C)COc1ccc(-c2ccc(N(c3ccccc3)c3ccccc3)cc2)cc1. The van der Waals surface area contributed by atoms with E-state index in [1.807, 2.05) is 36.4 Å². The molecular formula is C31H29NO3. The van der Waals surface area contributed by atoms with Crippen molar-refractivity contribution in [2.24, 2.45) is 0 Å². The summed E-state index contributed by atoms with van der Waals surface area (Å²) in [5.41, 5.74) is 5.89. The van der Waals surface area contributed by atoms with Crippen LogP contribution in [0.15, 0.2) is 121 Å². The summed E-state index contributed by atoms with van der Waals surface area (Å²) < 4.78 is 11.0. The Morgan fingerprint density at radius 1 is 0.743 bits per heavy atom. The lowest BCUT2D eigenvalue weighted by Gasteiger charge is -2.25. The molecular weight excluding hydrogens is 434 g/mol. The van der Waals surface area contributed by atoms with Crippen molar-refractivity contribution >= 4 is 23.0 Å². The molecule has 0 aliphatic heterocycles. The second kappa shape index (κ2) is 11.2. The molecule has 0 aromatic heterocycles. The van der Waals surface area contributed by atoms with Gasteiger partial charge in [-0.05, 0) is 73.5 Å². The van der Waals surface area contributed by atoms with E-state index in [2.05, 4.69) is 84.3 Å². The third-order valence-corrected chi connectivity index (χ3v) is 5.48. The molecule has 0 amide bonds. The van der Waals surface area contributed by atoms with Crippen LogP contribution < -0.4 is 9.64 Å². The maximum absolute atomic E-state index is 11.6. The first-order valence-electron chi connectivity index (χ1n) is 11.6. The van der Waals surface area contributed by atoms with Gasteiger partial charge in [0, 0.05) is 22.6 Å². The Hall–Kier alpha value is -4.31. The molecule has 0 saturated heterocycles. The smallest absolute Gasteiger partial charge is 0.333 e. The molecule has 35 heavy (non-hydrogen) atoms. The molecule has 1 unspecified atom stereocenters. The number of carbonyl (C=O) groups is 1. The van der Waals surface area contributed by atoms with E-state index in [0.717, 1.165) is 33.9 Å². The van der Waals surface area contributed by atoms with Crippen molar-refractivity contribution in [2.75, 3.05) is 11.5 Å². The van der Waals surface area contributed by atoms with Crippen LogP contribution in [-0.2, 0) is 9.53 Å². The van der Waals surface area contributed by atoms with Crippen LogP contribution in [0, 0.1) is 0 Å². The highest BCUT2D eigenvalue weighted by molar-refractivity contribution is 5.87. The minimum atomic E-state index is -0.405. The lowest BCUT2D eigenvalue weighted by atomic mass is 10.0. The van der Waals surface area contributed by atoms with Crippen molar-refractivity contribution in [3.05, 3.63) is 121 Å². The zero-order valence-electron chi connectivity index (χ0n) is 20.1. The first-order chi connectivity index (χ1) is 17.0. The highest BCUT2D eigenvalue weighted by Crippen LogP contribution is 2.35. The summed E-state index contributed by atoms with van der Waals surface area (Å²) in [6, 6.07) is 37.1. The third kappa shape index (κ3) is 6.18. The van der Waals surface area contributed by atoms with Gasteiger partial charge in [-0.2, -0.15) is 0 Å². The summed E-state index contributed by atoms with van der Waals surface area (Å²) >= 11 is 0. The normalized spacial score (nSPS) is 11.4. The van der Waals surface area contributed by atoms with Gasteiger partial charge in [0.05, 0.1) is 0 Å². The van der Waals surface area contributed by atoms with Gasteiger partial charge in [0.15, 0.2) is 0 Å². The Morgan fingerprint density at radius 2 is 1.20 bits per heavy atom. The first kappa shape index (κ1) is 23.8. The van der Waals surface area contributed by atoms with Gasteiger partial charge in [-0.1, -0.05) is 67.2 Å². The summed E-state index contributed by atoms with van der Waals surface area (Å²) in [5, 5.41) is 0. The van der Waals surface area contributed by atoms with Crippen LogP contribution >= 0.6 is 0 Å². The van der Waals surface area contributed by atoms with Gasteiger partial charge >= 0.3 is 5.97 Å². The number of benzene rings is 4. The number of para-hydroxylation sites is 2. The zero-order chi connectivity index (χ0) is 24.6. The fraction of sp³-hybridized carbons (Fsp3) is 0.129. The molecule has 4 heteroatoms. The molecule has 4 nitrogen and oxygen atoms in total. The molecule has 1 atom stereocenters. The fourth-order valence-electron chi connectivity index (χ4n) is 3.68. The number of ether oxygens (including phenoxy) is 2. The highest BCUT2D eigenvalue weighted by atomic mass is 16.6. The topological polar surface area (TPSA) is 38.8 Å². The summed E-state index contributed by atoms with van der Waals surface area (Å²) in [6.45, 7) is 7.30. The molecule has 0 heterocycles. The Morgan fingerprint density at radius 3 is 1.69 bits per heavy atom. The van der Waals surface area contributed by atoms with Crippen molar-refractivity contribution in [3.63, 3.8) is 0 Å². The lowest BCUT2D eigenvalue weighted by molar-refractivity contribution is -0.144. The van der Waals surface area contributed by atoms with E-state index in [4.69, 9.17) is 9.47 Å². The zero-order valence-corrected chi connectivity index (χ0v) is 20.1. The van der Waals surface area contributed by atoms with Crippen molar-refractivity contribution in [1.29, 1.82) is 0 Å². The Bertz CT molecular complexity index is 1210. The van der Waals surface area contributed by atoms with Crippen LogP contribution in [0.25, 0.3) is 11.1 Å². The van der Waals surface area contributed by atoms with E-state index in [0.29, 0.717) is 5.57 Å². The van der Waals surface area contributed by atoms with Gasteiger partial charge in [-0.3, -0.25) is 0 Å². The second-order valence-corrected chi connectivity index (χ2v) is 8.39. The summed E-state index contributed by atoms with van der Waals surface area (Å²) in [5.74, 6) is 0.320. The molecule has 0 saturated carbocycles. The molecule has 4 aromatic rings. The number of hydrogen-bond acceptors (Lipinski definition) is 4. The van der Waals surface area contributed by atoms with Crippen LogP contribution in [0.1, 0.15) is 13.8 Å². The summed E-state index contributed by atoms with van der Waals surface area (Å²) in [7, 11) is 0. The van der Waals surface area contributed by atoms with Crippen LogP contribution in [-0.4, -0.2) is 18.7 Å². The predicted octanol–water partition coefficient (Wildman–Crippen LogP) is 7.71. The van der Waals surface area contributed by atoms with Crippen LogP contribution in [0.3, 0.4) is 0 Å². The Labute approximate surface area is 207 Å². The molecule has 176 valence electrons. The minimum Gasteiger partial charge on any atom is -0.490 e. The van der Waals surface area contributed by atoms with Crippen molar-refractivity contribution in [1.82, 2.24) is 0 Å². The average molecular weight is 464 g/mol. The van der Waals surface area contributed by atoms with Crippen LogP contribution in [0.5, 0.6) is 5.75 Å². The molecule has 4 rings (SSSR count). The Kier molecular flexibility index (Phi) is 7.63. The predicted molar refractivity (Wildman–Crippen MR) is 142 cm³/mol. The first-order valence-corrected chi connectivity index (χ1v) is 11.6. The molecule has 0 spiro atoms. The van der Waals surface area contributed by atoms with E-state index in [9.17, 15) is 4.79 Å². The second-order valence-electron chi connectivity index (χ2n) is 8.39. The van der Waals surface area contributed by atoms with E-state index < -0.39 is 5.97 Å². The van der Waals surface area contributed by atoms with Crippen molar-refractivity contribution < 1.29 is 14.3 Å².